The predicted octanol–water partition coefficient (Wildman–Crippen LogP) is 5.01. The van der Waals surface area contributed by atoms with Crippen LogP contribution < -0.4 is 0 Å². The molecule has 5 heteroatoms. The van der Waals surface area contributed by atoms with E-state index in [9.17, 15) is 0 Å². The standard InChI is InChI=1S/C12H12BrClN2S/c1-3-9(13)12-16-15-11(17-12)8-4-5-10(14)7(2)6-8/h4-6,9H,3H2,1-2H3. The first-order valence-corrected chi connectivity index (χ1v) is 7.46. The Labute approximate surface area is 118 Å². The van der Waals surface area contributed by atoms with E-state index in [-0.39, 0.29) is 0 Å². The lowest BCUT2D eigenvalue weighted by Gasteiger charge is -2.00. The Morgan fingerprint density at radius 3 is 2.82 bits per heavy atom. The second-order valence-electron chi connectivity index (χ2n) is 3.79. The van der Waals surface area contributed by atoms with E-state index >= 15 is 0 Å². The number of aryl methyl sites for hydroxylation is 1. The van der Waals surface area contributed by atoms with Gasteiger partial charge in [0.1, 0.15) is 10.0 Å². The third kappa shape index (κ3) is 2.87. The summed E-state index contributed by atoms with van der Waals surface area (Å²) in [6, 6.07) is 5.93. The molecule has 0 aliphatic heterocycles. The van der Waals surface area contributed by atoms with Gasteiger partial charge in [0.2, 0.25) is 0 Å². The average Bonchev–Trinajstić information content (AvgIpc) is 2.81. The van der Waals surface area contributed by atoms with Crippen molar-refractivity contribution < 1.29 is 0 Å². The topological polar surface area (TPSA) is 25.8 Å². The summed E-state index contributed by atoms with van der Waals surface area (Å²) >= 11 is 11.2. The van der Waals surface area contributed by atoms with Crippen LogP contribution in [-0.2, 0) is 0 Å². The fourth-order valence-corrected chi connectivity index (χ4v) is 2.82. The largest absolute Gasteiger partial charge is 0.147 e. The normalized spacial score (nSPS) is 12.7. The molecular weight excluding hydrogens is 320 g/mol. The molecule has 0 saturated carbocycles. The van der Waals surface area contributed by atoms with Crippen LogP contribution in [0.15, 0.2) is 18.2 Å². The van der Waals surface area contributed by atoms with Gasteiger partial charge in [-0.05, 0) is 31.0 Å². The number of hydrogen-bond acceptors (Lipinski definition) is 3. The molecule has 0 N–H and O–H groups in total. The van der Waals surface area contributed by atoms with E-state index in [0.717, 1.165) is 32.6 Å². The maximum Gasteiger partial charge on any atom is 0.147 e. The zero-order valence-corrected chi connectivity index (χ0v) is 12.7. The van der Waals surface area contributed by atoms with Crippen molar-refractivity contribution in [3.8, 4) is 10.6 Å². The summed E-state index contributed by atoms with van der Waals surface area (Å²) < 4.78 is 0. The van der Waals surface area contributed by atoms with Crippen LogP contribution in [0.4, 0.5) is 0 Å². The van der Waals surface area contributed by atoms with Crippen LogP contribution in [0.3, 0.4) is 0 Å². The molecule has 0 aliphatic rings. The molecule has 0 fully saturated rings. The van der Waals surface area contributed by atoms with E-state index in [0.29, 0.717) is 4.83 Å². The zero-order chi connectivity index (χ0) is 12.4. The van der Waals surface area contributed by atoms with E-state index in [1.807, 2.05) is 25.1 Å². The van der Waals surface area contributed by atoms with Crippen molar-refractivity contribution in [2.75, 3.05) is 0 Å². The molecular formula is C12H12BrClN2S. The van der Waals surface area contributed by atoms with Gasteiger partial charge >= 0.3 is 0 Å². The van der Waals surface area contributed by atoms with Gasteiger partial charge in [-0.25, -0.2) is 0 Å². The lowest BCUT2D eigenvalue weighted by atomic mass is 10.1. The molecule has 1 aromatic carbocycles. The molecule has 90 valence electrons. The number of alkyl halides is 1. The van der Waals surface area contributed by atoms with Crippen LogP contribution in [0.25, 0.3) is 10.6 Å². The summed E-state index contributed by atoms with van der Waals surface area (Å²) in [5.74, 6) is 0. The number of rotatable bonds is 3. The first-order chi connectivity index (χ1) is 8.11. The van der Waals surface area contributed by atoms with Gasteiger partial charge in [-0.15, -0.1) is 10.2 Å². The van der Waals surface area contributed by atoms with Gasteiger partial charge in [-0.2, -0.15) is 0 Å². The minimum absolute atomic E-state index is 0.294. The molecule has 17 heavy (non-hydrogen) atoms. The lowest BCUT2D eigenvalue weighted by Crippen LogP contribution is -1.85. The van der Waals surface area contributed by atoms with Crippen LogP contribution in [0.1, 0.15) is 28.7 Å². The van der Waals surface area contributed by atoms with Crippen molar-refractivity contribution >= 4 is 38.9 Å². The molecule has 1 atom stereocenters. The Hall–Kier alpha value is -0.450. The molecule has 2 rings (SSSR count). The van der Waals surface area contributed by atoms with Crippen LogP contribution in [0, 0.1) is 6.92 Å². The van der Waals surface area contributed by atoms with E-state index in [1.54, 1.807) is 11.3 Å². The maximum absolute atomic E-state index is 6.01. The molecule has 0 amide bonds. The zero-order valence-electron chi connectivity index (χ0n) is 9.58. The van der Waals surface area contributed by atoms with Gasteiger partial charge < -0.3 is 0 Å². The molecule has 0 bridgehead atoms. The molecule has 1 unspecified atom stereocenters. The highest BCUT2D eigenvalue weighted by molar-refractivity contribution is 9.09. The van der Waals surface area contributed by atoms with Crippen LogP contribution in [-0.4, -0.2) is 10.2 Å². The summed E-state index contributed by atoms with van der Waals surface area (Å²) in [6.07, 6.45) is 1.01. The van der Waals surface area contributed by atoms with Gasteiger partial charge in [0.05, 0.1) is 4.83 Å². The molecule has 0 spiro atoms. The van der Waals surface area contributed by atoms with Crippen LogP contribution in [0.5, 0.6) is 0 Å². The van der Waals surface area contributed by atoms with Crippen molar-refractivity contribution in [1.29, 1.82) is 0 Å². The Morgan fingerprint density at radius 2 is 2.18 bits per heavy atom. The maximum atomic E-state index is 6.01. The van der Waals surface area contributed by atoms with Crippen molar-refractivity contribution in [2.45, 2.75) is 25.1 Å². The number of nitrogens with zero attached hydrogens (tertiary/aromatic N) is 2. The van der Waals surface area contributed by atoms with Gasteiger partial charge in [0.25, 0.3) is 0 Å². The molecule has 1 heterocycles. The Balaban J connectivity index is 2.33. The summed E-state index contributed by atoms with van der Waals surface area (Å²) in [5.41, 5.74) is 2.14. The number of hydrogen-bond donors (Lipinski definition) is 0. The summed E-state index contributed by atoms with van der Waals surface area (Å²) in [4.78, 5) is 0.294. The first-order valence-electron chi connectivity index (χ1n) is 5.35. The molecule has 0 radical (unpaired) electrons. The summed E-state index contributed by atoms with van der Waals surface area (Å²) in [5, 5.41) is 11.2. The first kappa shape index (κ1) is 13.0. The van der Waals surface area contributed by atoms with E-state index in [1.165, 1.54) is 0 Å². The van der Waals surface area contributed by atoms with Gasteiger partial charge in [0.15, 0.2) is 0 Å². The second-order valence-corrected chi connectivity index (χ2v) is 6.31. The quantitative estimate of drug-likeness (QED) is 0.739. The van der Waals surface area contributed by atoms with Crippen LogP contribution in [0.2, 0.25) is 5.02 Å². The lowest BCUT2D eigenvalue weighted by molar-refractivity contribution is 0.870. The molecule has 0 aliphatic carbocycles. The van der Waals surface area contributed by atoms with Crippen molar-refractivity contribution in [3.05, 3.63) is 33.8 Å². The Kier molecular flexibility index (Phi) is 4.17. The highest BCUT2D eigenvalue weighted by Crippen LogP contribution is 2.33. The molecule has 2 nitrogen and oxygen atoms in total. The Bertz CT molecular complexity index is 527. The number of halogens is 2. The van der Waals surface area contributed by atoms with Crippen molar-refractivity contribution in [2.24, 2.45) is 0 Å². The highest BCUT2D eigenvalue weighted by Gasteiger charge is 2.13. The molecule has 2 aromatic rings. The van der Waals surface area contributed by atoms with Crippen LogP contribution >= 0.6 is 38.9 Å². The Morgan fingerprint density at radius 1 is 1.41 bits per heavy atom. The third-order valence-electron chi connectivity index (χ3n) is 2.47. The van der Waals surface area contributed by atoms with Gasteiger partial charge in [-0.1, -0.05) is 51.9 Å². The van der Waals surface area contributed by atoms with E-state index in [4.69, 9.17) is 11.6 Å². The second kappa shape index (κ2) is 5.46. The summed E-state index contributed by atoms with van der Waals surface area (Å²) in [7, 11) is 0. The van der Waals surface area contributed by atoms with Crippen molar-refractivity contribution in [1.82, 2.24) is 10.2 Å². The van der Waals surface area contributed by atoms with Gasteiger partial charge in [0, 0.05) is 10.6 Å². The third-order valence-corrected chi connectivity index (χ3v) is 5.37. The molecule has 0 saturated heterocycles. The summed E-state index contributed by atoms with van der Waals surface area (Å²) in [6.45, 7) is 4.11. The van der Waals surface area contributed by atoms with Crippen molar-refractivity contribution in [3.63, 3.8) is 0 Å². The molecule has 1 aromatic heterocycles. The minimum atomic E-state index is 0.294. The monoisotopic (exact) mass is 330 g/mol. The fourth-order valence-electron chi connectivity index (χ4n) is 1.43. The minimum Gasteiger partial charge on any atom is -0.142 e. The van der Waals surface area contributed by atoms with E-state index in [2.05, 4.69) is 33.1 Å². The average molecular weight is 332 g/mol. The number of aromatic nitrogens is 2. The fraction of sp³-hybridized carbons (Fsp3) is 0.333. The van der Waals surface area contributed by atoms with E-state index < -0.39 is 0 Å². The smallest absolute Gasteiger partial charge is 0.142 e. The number of benzene rings is 1. The SMILES string of the molecule is CCC(Br)c1nnc(-c2ccc(Cl)c(C)c2)s1. The predicted molar refractivity (Wildman–Crippen MR) is 77.1 cm³/mol. The van der Waals surface area contributed by atoms with Gasteiger partial charge in [-0.3, -0.25) is 0 Å². The highest BCUT2D eigenvalue weighted by atomic mass is 79.9.